The van der Waals surface area contributed by atoms with E-state index >= 15 is 0 Å². The van der Waals surface area contributed by atoms with Crippen LogP contribution >= 0.6 is 0 Å². The summed E-state index contributed by atoms with van der Waals surface area (Å²) in [5.74, 6) is 1.30. The molecule has 1 amide bonds. The lowest BCUT2D eigenvalue weighted by atomic mass is 9.87. The minimum Gasteiger partial charge on any atom is -0.338 e. The van der Waals surface area contributed by atoms with Gasteiger partial charge in [-0.1, -0.05) is 63.2 Å². The fourth-order valence-corrected chi connectivity index (χ4v) is 4.14. The van der Waals surface area contributed by atoms with Crippen LogP contribution in [0.15, 0.2) is 61.2 Å². The smallest absolute Gasteiger partial charge is 0.223 e. The fraction of sp³-hybridized carbons (Fsp3) is 0.360. The zero-order valence-corrected chi connectivity index (χ0v) is 17.6. The molecule has 1 aliphatic rings. The Labute approximate surface area is 172 Å². The average molecular weight is 388 g/mol. The summed E-state index contributed by atoms with van der Waals surface area (Å²) in [7, 11) is 0. The first-order chi connectivity index (χ1) is 13.9. The number of rotatable bonds is 5. The molecule has 1 unspecified atom stereocenters. The van der Waals surface area contributed by atoms with Crippen LogP contribution in [0.3, 0.4) is 0 Å². The highest BCUT2D eigenvalue weighted by molar-refractivity contribution is 5.81. The third-order valence-electron chi connectivity index (χ3n) is 5.77. The molecule has 0 bridgehead atoms. The first-order valence-electron chi connectivity index (χ1n) is 10.3. The number of carbonyl (C=O) groups excluding carboxylic acids is 1. The van der Waals surface area contributed by atoms with Crippen molar-refractivity contribution >= 4 is 16.9 Å². The lowest BCUT2D eigenvalue weighted by molar-refractivity contribution is -0.127. The molecule has 0 spiro atoms. The van der Waals surface area contributed by atoms with Gasteiger partial charge in [-0.15, -0.1) is 6.58 Å². The highest BCUT2D eigenvalue weighted by atomic mass is 16.2. The van der Waals surface area contributed by atoms with Gasteiger partial charge < -0.3 is 9.47 Å². The first kappa shape index (κ1) is 19.4. The van der Waals surface area contributed by atoms with Crippen molar-refractivity contribution < 1.29 is 4.79 Å². The average Bonchev–Trinajstić information content (AvgIpc) is 3.23. The summed E-state index contributed by atoms with van der Waals surface area (Å²) in [6.07, 6.45) is 2.31. The number of likely N-dealkylation sites (tertiary alicyclic amines) is 1. The molecule has 4 nitrogen and oxygen atoms in total. The molecule has 2 aromatic carbocycles. The number of benzene rings is 2. The van der Waals surface area contributed by atoms with Crippen LogP contribution in [0.25, 0.3) is 11.0 Å². The molecule has 1 aliphatic heterocycles. The molecule has 1 atom stereocenters. The second-order valence-electron chi connectivity index (χ2n) is 8.98. The second-order valence-corrected chi connectivity index (χ2v) is 8.98. The quantitative estimate of drug-likeness (QED) is 0.585. The summed E-state index contributed by atoms with van der Waals surface area (Å²) in [5.41, 5.74) is 4.83. The Morgan fingerprint density at radius 2 is 1.86 bits per heavy atom. The number of fused-ring (bicyclic) bond motifs is 1. The molecule has 1 saturated heterocycles. The van der Waals surface area contributed by atoms with Crippen molar-refractivity contribution in [2.45, 2.75) is 45.1 Å². The van der Waals surface area contributed by atoms with Crippen LogP contribution in [-0.4, -0.2) is 33.4 Å². The van der Waals surface area contributed by atoms with Gasteiger partial charge in [-0.3, -0.25) is 4.79 Å². The number of carbonyl (C=O) groups is 1. The molecular weight excluding hydrogens is 358 g/mol. The molecular formula is C25H29N3O. The molecule has 4 rings (SSSR count). The van der Waals surface area contributed by atoms with Gasteiger partial charge in [0.15, 0.2) is 0 Å². The lowest BCUT2D eigenvalue weighted by Crippen LogP contribution is -2.25. The van der Waals surface area contributed by atoms with E-state index in [1.54, 1.807) is 6.08 Å². The summed E-state index contributed by atoms with van der Waals surface area (Å²) in [6, 6.07) is 17.1. The zero-order valence-electron chi connectivity index (χ0n) is 17.6. The summed E-state index contributed by atoms with van der Waals surface area (Å²) in [6.45, 7) is 12.5. The Bertz CT molecular complexity index is 1040. The predicted molar refractivity (Wildman–Crippen MR) is 118 cm³/mol. The van der Waals surface area contributed by atoms with Crippen molar-refractivity contribution in [1.82, 2.24) is 14.5 Å². The normalized spacial score (nSPS) is 17.3. The number of imidazole rings is 1. The van der Waals surface area contributed by atoms with E-state index < -0.39 is 0 Å². The third kappa shape index (κ3) is 3.84. The van der Waals surface area contributed by atoms with E-state index in [9.17, 15) is 4.79 Å². The molecule has 0 N–H and O–H groups in total. The Hall–Kier alpha value is -2.88. The summed E-state index contributed by atoms with van der Waals surface area (Å²) in [5, 5.41) is 0. The molecule has 0 saturated carbocycles. The van der Waals surface area contributed by atoms with E-state index in [1.165, 1.54) is 11.1 Å². The summed E-state index contributed by atoms with van der Waals surface area (Å²) >= 11 is 0. The molecule has 4 heteroatoms. The highest BCUT2D eigenvalue weighted by Crippen LogP contribution is 2.31. The maximum Gasteiger partial charge on any atom is 0.223 e. The Kier molecular flexibility index (Phi) is 5.03. The zero-order chi connectivity index (χ0) is 20.6. The molecule has 29 heavy (non-hydrogen) atoms. The van der Waals surface area contributed by atoms with Gasteiger partial charge in [-0.25, -0.2) is 4.98 Å². The van der Waals surface area contributed by atoms with Gasteiger partial charge in [-0.05, 0) is 28.7 Å². The van der Waals surface area contributed by atoms with Crippen molar-refractivity contribution in [2.24, 2.45) is 0 Å². The van der Waals surface area contributed by atoms with Crippen molar-refractivity contribution in [1.29, 1.82) is 0 Å². The van der Waals surface area contributed by atoms with E-state index in [0.717, 1.165) is 23.4 Å². The molecule has 1 aromatic heterocycles. The SMILES string of the molecule is C=CCN1CC(c2nc3ccccc3n2Cc2ccc(C(C)(C)C)cc2)CC1=O. The van der Waals surface area contributed by atoms with Crippen LogP contribution < -0.4 is 0 Å². The van der Waals surface area contributed by atoms with E-state index in [4.69, 9.17) is 4.98 Å². The van der Waals surface area contributed by atoms with Crippen LogP contribution in [0.5, 0.6) is 0 Å². The van der Waals surface area contributed by atoms with Crippen molar-refractivity contribution in [3.05, 3.63) is 78.1 Å². The molecule has 1 fully saturated rings. The van der Waals surface area contributed by atoms with Crippen LogP contribution in [0, 0.1) is 0 Å². The van der Waals surface area contributed by atoms with E-state index in [1.807, 2.05) is 11.0 Å². The van der Waals surface area contributed by atoms with Crippen molar-refractivity contribution in [2.75, 3.05) is 13.1 Å². The maximum atomic E-state index is 12.4. The van der Waals surface area contributed by atoms with Crippen LogP contribution in [0.1, 0.15) is 50.1 Å². The summed E-state index contributed by atoms with van der Waals surface area (Å²) < 4.78 is 2.29. The minimum absolute atomic E-state index is 0.115. The van der Waals surface area contributed by atoms with Crippen molar-refractivity contribution in [3.63, 3.8) is 0 Å². The third-order valence-corrected chi connectivity index (χ3v) is 5.77. The number of amides is 1. The van der Waals surface area contributed by atoms with Crippen LogP contribution in [0.2, 0.25) is 0 Å². The van der Waals surface area contributed by atoms with Gasteiger partial charge in [0.1, 0.15) is 5.82 Å². The Morgan fingerprint density at radius 1 is 1.14 bits per heavy atom. The van der Waals surface area contributed by atoms with Gasteiger partial charge in [-0.2, -0.15) is 0 Å². The van der Waals surface area contributed by atoms with E-state index in [0.29, 0.717) is 19.5 Å². The largest absolute Gasteiger partial charge is 0.338 e. The van der Waals surface area contributed by atoms with Gasteiger partial charge in [0.05, 0.1) is 11.0 Å². The maximum absolute atomic E-state index is 12.4. The van der Waals surface area contributed by atoms with Gasteiger partial charge in [0.25, 0.3) is 0 Å². The van der Waals surface area contributed by atoms with Gasteiger partial charge in [0.2, 0.25) is 5.91 Å². The predicted octanol–water partition coefficient (Wildman–Crippen LogP) is 4.88. The fourth-order valence-electron chi connectivity index (χ4n) is 4.14. The highest BCUT2D eigenvalue weighted by Gasteiger charge is 2.33. The standard InChI is InChI=1S/C25H29N3O/c1-5-14-27-17-19(15-23(27)29)24-26-21-8-6-7-9-22(21)28(24)16-18-10-12-20(13-11-18)25(2,3)4/h5-13,19H,1,14-17H2,2-4H3. The van der Waals surface area contributed by atoms with E-state index in [2.05, 4.69) is 74.4 Å². The summed E-state index contributed by atoms with van der Waals surface area (Å²) in [4.78, 5) is 19.2. The topological polar surface area (TPSA) is 38.1 Å². The molecule has 3 aromatic rings. The van der Waals surface area contributed by atoms with Crippen LogP contribution in [0.4, 0.5) is 0 Å². The van der Waals surface area contributed by atoms with E-state index in [-0.39, 0.29) is 17.2 Å². The molecule has 0 aliphatic carbocycles. The number of para-hydroxylation sites is 2. The van der Waals surface area contributed by atoms with Gasteiger partial charge >= 0.3 is 0 Å². The molecule has 150 valence electrons. The lowest BCUT2D eigenvalue weighted by Gasteiger charge is -2.20. The molecule has 2 heterocycles. The number of aromatic nitrogens is 2. The number of hydrogen-bond donors (Lipinski definition) is 0. The van der Waals surface area contributed by atoms with Gasteiger partial charge in [0, 0.05) is 32.0 Å². The number of nitrogens with zero attached hydrogens (tertiary/aromatic N) is 3. The van der Waals surface area contributed by atoms with Crippen molar-refractivity contribution in [3.8, 4) is 0 Å². The molecule has 0 radical (unpaired) electrons. The number of hydrogen-bond acceptors (Lipinski definition) is 2. The van der Waals surface area contributed by atoms with Crippen LogP contribution in [-0.2, 0) is 16.8 Å². The first-order valence-corrected chi connectivity index (χ1v) is 10.3. The minimum atomic E-state index is 0.115. The monoisotopic (exact) mass is 387 g/mol. The Morgan fingerprint density at radius 3 is 2.55 bits per heavy atom. The Balaban J connectivity index is 1.69. The second kappa shape index (κ2) is 7.51.